The number of piperazine rings is 1. The van der Waals surface area contributed by atoms with E-state index >= 15 is 0 Å². The molecule has 0 bridgehead atoms. The molecule has 2 rings (SSSR count). The minimum absolute atomic E-state index is 0.358. The van der Waals surface area contributed by atoms with Crippen LogP contribution in [0.3, 0.4) is 0 Å². The Morgan fingerprint density at radius 3 is 2.87 bits per heavy atom. The Morgan fingerprint density at radius 1 is 1.47 bits per heavy atom. The Balaban J connectivity index is 2.05. The highest BCUT2D eigenvalue weighted by atomic mass is 35.5. The minimum Gasteiger partial charge on any atom is -0.314 e. The van der Waals surface area contributed by atoms with Crippen LogP contribution >= 0.6 is 11.6 Å². The van der Waals surface area contributed by atoms with E-state index in [9.17, 15) is 0 Å². The van der Waals surface area contributed by atoms with Crippen molar-refractivity contribution in [3.05, 3.63) is 10.7 Å². The fourth-order valence-corrected chi connectivity index (χ4v) is 2.44. The van der Waals surface area contributed by atoms with Crippen LogP contribution in [0, 0.1) is 0 Å². The molecule has 2 aliphatic heterocycles. The molecule has 0 spiro atoms. The second-order valence-electron chi connectivity index (χ2n) is 4.10. The van der Waals surface area contributed by atoms with E-state index in [1.54, 1.807) is 0 Å². The van der Waals surface area contributed by atoms with Gasteiger partial charge in [0.1, 0.15) is 0 Å². The smallest absolute Gasteiger partial charge is 0.0713 e. The summed E-state index contributed by atoms with van der Waals surface area (Å²) < 4.78 is 0. The fourth-order valence-electron chi connectivity index (χ4n) is 2.13. The van der Waals surface area contributed by atoms with E-state index < -0.39 is 0 Å². The monoisotopic (exact) mass is 227 g/mol. The van der Waals surface area contributed by atoms with Gasteiger partial charge in [0.15, 0.2) is 0 Å². The van der Waals surface area contributed by atoms with Gasteiger partial charge in [-0.3, -0.25) is 9.89 Å². The second-order valence-corrected chi connectivity index (χ2v) is 4.56. The van der Waals surface area contributed by atoms with Crippen molar-refractivity contribution in [3.63, 3.8) is 0 Å². The van der Waals surface area contributed by atoms with Gasteiger partial charge in [0.05, 0.1) is 11.7 Å². The molecule has 4 heteroatoms. The largest absolute Gasteiger partial charge is 0.314 e. The summed E-state index contributed by atoms with van der Waals surface area (Å²) in [5, 5.41) is 4.30. The first kappa shape index (κ1) is 11.1. The van der Waals surface area contributed by atoms with E-state index in [0.717, 1.165) is 49.7 Å². The summed E-state index contributed by atoms with van der Waals surface area (Å²) in [7, 11) is 0. The standard InChI is InChI=1S/C11H18ClN3/c1-9(15-7-5-13-6-8-15)11-10(12)3-2-4-14-11/h4,9,13H,2-3,5-8H2,1H3/t9-/m0/s1. The number of rotatable bonds is 2. The molecule has 1 N–H and O–H groups in total. The average molecular weight is 228 g/mol. The lowest BCUT2D eigenvalue weighted by Crippen LogP contribution is -2.48. The lowest BCUT2D eigenvalue weighted by atomic mass is 10.1. The van der Waals surface area contributed by atoms with Crippen molar-refractivity contribution >= 4 is 17.8 Å². The summed E-state index contributed by atoms with van der Waals surface area (Å²) in [6.07, 6.45) is 3.92. The molecule has 0 aromatic heterocycles. The zero-order valence-corrected chi connectivity index (χ0v) is 9.93. The Bertz CT molecular complexity index is 280. The zero-order valence-electron chi connectivity index (χ0n) is 9.17. The molecule has 15 heavy (non-hydrogen) atoms. The molecule has 0 aromatic rings. The second kappa shape index (κ2) is 5.10. The maximum atomic E-state index is 6.22. The van der Waals surface area contributed by atoms with E-state index in [4.69, 9.17) is 11.6 Å². The number of hydrogen-bond donors (Lipinski definition) is 1. The molecule has 0 unspecified atom stereocenters. The first-order chi connectivity index (χ1) is 7.29. The predicted molar refractivity (Wildman–Crippen MR) is 64.5 cm³/mol. The van der Waals surface area contributed by atoms with Gasteiger partial charge in [-0.1, -0.05) is 11.6 Å². The highest BCUT2D eigenvalue weighted by Gasteiger charge is 2.22. The summed E-state index contributed by atoms with van der Waals surface area (Å²) in [6, 6.07) is 0.358. The van der Waals surface area contributed by atoms with Gasteiger partial charge >= 0.3 is 0 Å². The molecule has 0 amide bonds. The maximum Gasteiger partial charge on any atom is 0.0713 e. The van der Waals surface area contributed by atoms with E-state index in [-0.39, 0.29) is 0 Å². The molecular weight excluding hydrogens is 210 g/mol. The van der Waals surface area contributed by atoms with Crippen LogP contribution in [0.1, 0.15) is 19.8 Å². The van der Waals surface area contributed by atoms with Crippen molar-refractivity contribution in [2.24, 2.45) is 4.99 Å². The highest BCUT2D eigenvalue weighted by molar-refractivity contribution is 6.30. The average Bonchev–Trinajstić information content (AvgIpc) is 2.30. The van der Waals surface area contributed by atoms with Crippen molar-refractivity contribution in [2.45, 2.75) is 25.8 Å². The van der Waals surface area contributed by atoms with Crippen LogP contribution in [0.5, 0.6) is 0 Å². The molecule has 0 aromatic carbocycles. The number of halogens is 1. The van der Waals surface area contributed by atoms with Crippen molar-refractivity contribution < 1.29 is 0 Å². The third kappa shape index (κ3) is 2.60. The van der Waals surface area contributed by atoms with Crippen LogP contribution in [0.4, 0.5) is 0 Å². The molecule has 0 radical (unpaired) electrons. The SMILES string of the molecule is C[C@@H](C1=C(Cl)CCC=N1)N1CCNCC1. The summed E-state index contributed by atoms with van der Waals surface area (Å²) in [4.78, 5) is 6.89. The zero-order chi connectivity index (χ0) is 10.7. The third-order valence-electron chi connectivity index (χ3n) is 3.10. The van der Waals surface area contributed by atoms with E-state index in [0.29, 0.717) is 6.04 Å². The lowest BCUT2D eigenvalue weighted by Gasteiger charge is -2.33. The lowest BCUT2D eigenvalue weighted by molar-refractivity contribution is 0.204. The molecule has 1 fully saturated rings. The summed E-state index contributed by atoms with van der Waals surface area (Å²) in [6.45, 7) is 6.51. The molecule has 0 saturated carbocycles. The van der Waals surface area contributed by atoms with Crippen LogP contribution < -0.4 is 5.32 Å². The Labute approximate surface area is 96.2 Å². The summed E-state index contributed by atoms with van der Waals surface area (Å²) in [5.41, 5.74) is 1.07. The van der Waals surface area contributed by atoms with Crippen LogP contribution in [0.15, 0.2) is 15.7 Å². The molecule has 1 atom stereocenters. The van der Waals surface area contributed by atoms with Crippen LogP contribution in [-0.2, 0) is 0 Å². The molecule has 0 aliphatic carbocycles. The van der Waals surface area contributed by atoms with Gasteiger partial charge in [-0.25, -0.2) is 0 Å². The van der Waals surface area contributed by atoms with Gasteiger partial charge in [0.25, 0.3) is 0 Å². The Hall–Kier alpha value is -0.380. The van der Waals surface area contributed by atoms with Gasteiger partial charge < -0.3 is 5.32 Å². The predicted octanol–water partition coefficient (Wildman–Crippen LogP) is 1.60. The number of aliphatic imine (C=N–C) groups is 1. The Kier molecular flexibility index (Phi) is 3.78. The maximum absolute atomic E-state index is 6.22. The van der Waals surface area contributed by atoms with Crippen LogP contribution in [-0.4, -0.2) is 43.3 Å². The van der Waals surface area contributed by atoms with Crippen molar-refractivity contribution in [2.75, 3.05) is 26.2 Å². The summed E-state index contributed by atoms with van der Waals surface area (Å²) in [5.74, 6) is 0. The van der Waals surface area contributed by atoms with Crippen LogP contribution in [0.25, 0.3) is 0 Å². The van der Waals surface area contributed by atoms with Crippen molar-refractivity contribution in [1.29, 1.82) is 0 Å². The normalized spacial score (nSPS) is 25.7. The molecule has 2 heterocycles. The van der Waals surface area contributed by atoms with Crippen molar-refractivity contribution in [3.8, 4) is 0 Å². The van der Waals surface area contributed by atoms with Crippen LogP contribution in [0.2, 0.25) is 0 Å². The van der Waals surface area contributed by atoms with E-state index in [1.807, 2.05) is 6.21 Å². The molecule has 2 aliphatic rings. The van der Waals surface area contributed by atoms with Gasteiger partial charge in [0.2, 0.25) is 0 Å². The number of hydrogen-bond acceptors (Lipinski definition) is 3. The van der Waals surface area contributed by atoms with Gasteiger partial charge in [-0.15, -0.1) is 0 Å². The van der Waals surface area contributed by atoms with E-state index in [1.165, 1.54) is 0 Å². The molecule has 3 nitrogen and oxygen atoms in total. The number of allylic oxidation sites excluding steroid dienone is 1. The molecular formula is C11H18ClN3. The van der Waals surface area contributed by atoms with Gasteiger partial charge in [0, 0.05) is 37.4 Å². The molecule has 1 saturated heterocycles. The van der Waals surface area contributed by atoms with E-state index in [2.05, 4.69) is 22.1 Å². The fraction of sp³-hybridized carbons (Fsp3) is 0.727. The first-order valence-corrected chi connectivity index (χ1v) is 6.02. The first-order valence-electron chi connectivity index (χ1n) is 5.65. The number of nitrogens with one attached hydrogen (secondary N) is 1. The topological polar surface area (TPSA) is 27.6 Å². The quantitative estimate of drug-likeness (QED) is 0.776. The van der Waals surface area contributed by atoms with Crippen molar-refractivity contribution in [1.82, 2.24) is 10.2 Å². The molecule has 84 valence electrons. The van der Waals surface area contributed by atoms with Gasteiger partial charge in [-0.2, -0.15) is 0 Å². The minimum atomic E-state index is 0.358. The number of nitrogens with zero attached hydrogens (tertiary/aromatic N) is 2. The van der Waals surface area contributed by atoms with Gasteiger partial charge in [-0.05, 0) is 19.8 Å². The third-order valence-corrected chi connectivity index (χ3v) is 3.48. The highest BCUT2D eigenvalue weighted by Crippen LogP contribution is 2.25. The Morgan fingerprint density at radius 2 is 2.20 bits per heavy atom. The summed E-state index contributed by atoms with van der Waals surface area (Å²) >= 11 is 6.22.